The van der Waals surface area contributed by atoms with E-state index in [-0.39, 0.29) is 18.8 Å². The average molecular weight is 425 g/mol. The number of carbonyl (C=O) groups is 1. The number of alkyl carbamates (subject to hydrolysis) is 1. The van der Waals surface area contributed by atoms with Crippen LogP contribution >= 0.6 is 0 Å². The summed E-state index contributed by atoms with van der Waals surface area (Å²) in [5.74, 6) is 2.05. The van der Waals surface area contributed by atoms with Crippen molar-refractivity contribution < 1.29 is 24.1 Å². The van der Waals surface area contributed by atoms with Gasteiger partial charge in [-0.1, -0.05) is 24.3 Å². The van der Waals surface area contributed by atoms with Crippen molar-refractivity contribution in [1.82, 2.24) is 15.2 Å². The summed E-state index contributed by atoms with van der Waals surface area (Å²) in [6.07, 6.45) is 0.541. The molecular weight excluding hydrogens is 398 g/mol. The van der Waals surface area contributed by atoms with E-state index in [1.54, 1.807) is 13.1 Å². The first-order valence-corrected chi connectivity index (χ1v) is 10.7. The molecule has 2 N–H and O–H groups in total. The Bertz CT molecular complexity index is 923. The molecule has 0 spiro atoms. The summed E-state index contributed by atoms with van der Waals surface area (Å²) in [4.78, 5) is 18.4. The Hall–Kier alpha value is -2.84. The van der Waals surface area contributed by atoms with Crippen LogP contribution in [0.4, 0.5) is 4.79 Å². The summed E-state index contributed by atoms with van der Waals surface area (Å²) in [5, 5.41) is 11.8. The van der Waals surface area contributed by atoms with Crippen LogP contribution in [0.15, 0.2) is 42.6 Å². The molecule has 1 aromatic heterocycles. The van der Waals surface area contributed by atoms with Crippen molar-refractivity contribution in [2.24, 2.45) is 11.8 Å². The quantitative estimate of drug-likeness (QED) is 0.732. The lowest BCUT2D eigenvalue weighted by Gasteiger charge is -2.26. The first kappa shape index (κ1) is 20.1. The molecule has 1 aromatic carbocycles. The zero-order chi connectivity index (χ0) is 21.4. The van der Waals surface area contributed by atoms with Crippen LogP contribution in [0, 0.1) is 11.8 Å². The van der Waals surface area contributed by atoms with Crippen LogP contribution in [0.2, 0.25) is 0 Å². The van der Waals surface area contributed by atoms with E-state index in [9.17, 15) is 9.90 Å². The Morgan fingerprint density at radius 2 is 2.06 bits per heavy atom. The molecule has 2 aromatic rings. The zero-order valence-electron chi connectivity index (χ0n) is 17.4. The highest BCUT2D eigenvalue weighted by Crippen LogP contribution is 2.48. The number of nitrogens with zero attached hydrogens (tertiary/aromatic N) is 2. The molecule has 2 aliphatic heterocycles. The summed E-state index contributed by atoms with van der Waals surface area (Å²) in [6.45, 7) is 5.05. The van der Waals surface area contributed by atoms with Gasteiger partial charge in [0.2, 0.25) is 0 Å². The molecule has 5 rings (SSSR count). The van der Waals surface area contributed by atoms with Crippen molar-refractivity contribution in [3.63, 3.8) is 0 Å². The molecule has 1 saturated carbocycles. The van der Waals surface area contributed by atoms with Crippen LogP contribution < -0.4 is 14.8 Å². The Morgan fingerprint density at radius 1 is 1.29 bits per heavy atom. The minimum atomic E-state index is -0.571. The van der Waals surface area contributed by atoms with Gasteiger partial charge in [0.15, 0.2) is 11.9 Å². The van der Waals surface area contributed by atoms with E-state index in [1.165, 1.54) is 5.56 Å². The van der Waals surface area contributed by atoms with Crippen LogP contribution in [0.3, 0.4) is 0 Å². The molecule has 31 heavy (non-hydrogen) atoms. The molecule has 8 heteroatoms. The van der Waals surface area contributed by atoms with Crippen molar-refractivity contribution in [1.29, 1.82) is 0 Å². The molecule has 1 aliphatic carbocycles. The number of ether oxygens (including phenoxy) is 3. The highest BCUT2D eigenvalue weighted by atomic mass is 16.6. The van der Waals surface area contributed by atoms with Crippen molar-refractivity contribution >= 4 is 6.09 Å². The van der Waals surface area contributed by atoms with E-state index in [0.29, 0.717) is 30.1 Å². The van der Waals surface area contributed by atoms with Crippen LogP contribution in [0.25, 0.3) is 0 Å². The molecule has 164 valence electrons. The molecule has 1 amide bonds. The normalized spacial score (nSPS) is 27.3. The number of pyridine rings is 1. The van der Waals surface area contributed by atoms with Gasteiger partial charge in [-0.05, 0) is 30.2 Å². The van der Waals surface area contributed by atoms with Crippen LogP contribution in [-0.4, -0.2) is 59.5 Å². The van der Waals surface area contributed by atoms with Crippen LogP contribution in [-0.2, 0) is 11.3 Å². The number of likely N-dealkylation sites (tertiary alicyclic amines) is 1. The van der Waals surface area contributed by atoms with Gasteiger partial charge in [-0.3, -0.25) is 4.90 Å². The van der Waals surface area contributed by atoms with Gasteiger partial charge in [0.25, 0.3) is 5.88 Å². The van der Waals surface area contributed by atoms with E-state index in [4.69, 9.17) is 14.2 Å². The number of fused-ring (bicyclic) bond motifs is 2. The van der Waals surface area contributed by atoms with Crippen LogP contribution in [0.5, 0.6) is 11.6 Å². The molecule has 1 unspecified atom stereocenters. The minimum Gasteiger partial charge on any atom is -0.484 e. The second-order valence-electron chi connectivity index (χ2n) is 8.59. The van der Waals surface area contributed by atoms with E-state index >= 15 is 0 Å². The van der Waals surface area contributed by atoms with Crippen molar-refractivity contribution in [2.75, 3.05) is 26.2 Å². The predicted molar refractivity (Wildman–Crippen MR) is 112 cm³/mol. The van der Waals surface area contributed by atoms with E-state index < -0.39 is 12.2 Å². The topological polar surface area (TPSA) is 93.2 Å². The van der Waals surface area contributed by atoms with Gasteiger partial charge in [0.05, 0.1) is 6.10 Å². The number of aromatic nitrogens is 1. The summed E-state index contributed by atoms with van der Waals surface area (Å²) in [7, 11) is 0. The molecule has 3 heterocycles. The van der Waals surface area contributed by atoms with Crippen molar-refractivity contribution in [3.8, 4) is 11.6 Å². The lowest BCUT2D eigenvalue weighted by Crippen LogP contribution is -2.33. The van der Waals surface area contributed by atoms with Gasteiger partial charge in [-0.2, -0.15) is 0 Å². The zero-order valence-corrected chi connectivity index (χ0v) is 17.4. The number of amides is 1. The number of carbonyl (C=O) groups excluding carboxylic acids is 1. The molecule has 3 aliphatic rings. The number of aliphatic hydroxyl groups is 1. The third-order valence-corrected chi connectivity index (χ3v) is 6.11. The summed E-state index contributed by atoms with van der Waals surface area (Å²) in [6, 6.07) is 12.1. The van der Waals surface area contributed by atoms with Gasteiger partial charge in [-0.25, -0.2) is 9.78 Å². The standard InChI is InChI=1S/C23H27N3O5/c1-14(27)9-25-23(28)31-21-17-11-26(12-18(17)21)10-15-4-6-16(7-5-15)20-13-29-19-3-2-8-24-22(19)30-20/h2-8,14,17-18,20-21,27H,9-13H2,1H3,(H,25,28)/t14-,17-,18+,20+,21?/m0/s1. The minimum absolute atomic E-state index is 0.00700. The predicted octanol–water partition coefficient (Wildman–Crippen LogP) is 2.13. The second kappa shape index (κ2) is 8.36. The molecule has 1 saturated heterocycles. The molecule has 8 nitrogen and oxygen atoms in total. The Kier molecular flexibility index (Phi) is 5.41. The van der Waals surface area contributed by atoms with Gasteiger partial charge in [0, 0.05) is 44.2 Å². The van der Waals surface area contributed by atoms with E-state index in [0.717, 1.165) is 25.2 Å². The smallest absolute Gasteiger partial charge is 0.407 e. The highest BCUT2D eigenvalue weighted by Gasteiger charge is 2.58. The van der Waals surface area contributed by atoms with Gasteiger partial charge in [-0.15, -0.1) is 0 Å². The number of aliphatic hydroxyl groups excluding tert-OH is 1. The van der Waals surface area contributed by atoms with Crippen molar-refractivity contribution in [2.45, 2.75) is 31.8 Å². The van der Waals surface area contributed by atoms with Gasteiger partial charge < -0.3 is 24.6 Å². The largest absolute Gasteiger partial charge is 0.484 e. The number of rotatable bonds is 6. The number of benzene rings is 1. The fourth-order valence-corrected chi connectivity index (χ4v) is 4.43. The Labute approximate surface area is 181 Å². The number of piperidine rings is 1. The Morgan fingerprint density at radius 3 is 2.81 bits per heavy atom. The monoisotopic (exact) mass is 425 g/mol. The fraction of sp³-hybridized carbons (Fsp3) is 0.478. The fourth-order valence-electron chi connectivity index (χ4n) is 4.43. The molecular formula is C23H27N3O5. The molecule has 5 atom stereocenters. The maximum Gasteiger partial charge on any atom is 0.407 e. The number of hydrogen-bond acceptors (Lipinski definition) is 7. The highest BCUT2D eigenvalue weighted by molar-refractivity contribution is 5.67. The summed E-state index contributed by atoms with van der Waals surface area (Å²) < 4.78 is 17.2. The van der Waals surface area contributed by atoms with E-state index in [1.807, 2.05) is 12.1 Å². The lowest BCUT2D eigenvalue weighted by molar-refractivity contribution is 0.0850. The molecule has 0 radical (unpaired) electrons. The summed E-state index contributed by atoms with van der Waals surface area (Å²) >= 11 is 0. The van der Waals surface area contributed by atoms with Crippen molar-refractivity contribution in [3.05, 3.63) is 53.7 Å². The average Bonchev–Trinajstić information content (AvgIpc) is 3.21. The number of hydrogen-bond donors (Lipinski definition) is 2. The first-order valence-electron chi connectivity index (χ1n) is 10.7. The number of nitrogens with one attached hydrogen (secondary N) is 1. The van der Waals surface area contributed by atoms with E-state index in [2.05, 4.69) is 39.5 Å². The maximum atomic E-state index is 11.8. The third-order valence-electron chi connectivity index (χ3n) is 6.11. The second-order valence-corrected chi connectivity index (χ2v) is 8.59. The first-order chi connectivity index (χ1) is 15.1. The third kappa shape index (κ3) is 4.45. The maximum absolute atomic E-state index is 11.8. The molecule has 0 bridgehead atoms. The summed E-state index contributed by atoms with van der Waals surface area (Å²) in [5.41, 5.74) is 2.31. The Balaban J connectivity index is 1.09. The SMILES string of the molecule is C[C@H](O)CNC(=O)OC1[C@H]2CN(Cc3ccc([C@H]4COc5cccnc5O4)cc3)C[C@@H]12. The van der Waals surface area contributed by atoms with Gasteiger partial charge >= 0.3 is 6.09 Å². The van der Waals surface area contributed by atoms with Gasteiger partial charge in [0.1, 0.15) is 12.7 Å². The van der Waals surface area contributed by atoms with Crippen LogP contribution in [0.1, 0.15) is 24.2 Å². The lowest BCUT2D eigenvalue weighted by atomic mass is 10.1. The molecule has 2 fully saturated rings.